The Hall–Kier alpha value is -3.30. The van der Waals surface area contributed by atoms with Crippen LogP contribution >= 0.6 is 0 Å². The number of rotatable bonds is 2. The van der Waals surface area contributed by atoms with Gasteiger partial charge >= 0.3 is 18.0 Å². The second kappa shape index (κ2) is 6.86. The van der Waals surface area contributed by atoms with Gasteiger partial charge in [-0.25, -0.2) is 14.4 Å². The molecule has 10 nitrogen and oxygen atoms in total. The number of carbonyl (C=O) groups is 3. The number of hydrogen-bond donors (Lipinski definition) is 2. The van der Waals surface area contributed by atoms with Gasteiger partial charge in [-0.3, -0.25) is 10.3 Å². The summed E-state index contributed by atoms with van der Waals surface area (Å²) < 4.78 is 15.7. The van der Waals surface area contributed by atoms with E-state index in [2.05, 4.69) is 15.8 Å². The minimum absolute atomic E-state index is 0.0873. The van der Waals surface area contributed by atoms with E-state index in [1.807, 2.05) is 24.3 Å². The van der Waals surface area contributed by atoms with Crippen molar-refractivity contribution in [3.8, 4) is 0 Å². The van der Waals surface area contributed by atoms with E-state index in [1.54, 1.807) is 20.8 Å². The monoisotopic (exact) mass is 430 g/mol. The fourth-order valence-corrected chi connectivity index (χ4v) is 4.96. The van der Waals surface area contributed by atoms with Crippen molar-refractivity contribution in [2.24, 2.45) is 5.10 Å². The molecular formula is C21H26N4O6. The molecule has 1 spiro atoms. The molecule has 10 heteroatoms. The molecule has 0 bridgehead atoms. The third-order valence-corrected chi connectivity index (χ3v) is 6.08. The standard InChI is InChI=1S/C21H26N4O6/c1-19(2,3)31-18(28)25-11-10-20-12-8-6-7-9-13(12)22-15(20)14(16(26)29-4)23-24-21(20,25)17(27)30-5/h6-9,15,22,24H,10-11H2,1-5H3/t15?,20-,21+/m0/s1. The van der Waals surface area contributed by atoms with Crippen LogP contribution in [0.2, 0.25) is 0 Å². The molecule has 0 aliphatic carbocycles. The number of carbonyl (C=O) groups excluding carboxylic acids is 3. The maximum Gasteiger partial charge on any atom is 0.412 e. The average molecular weight is 430 g/mol. The van der Waals surface area contributed by atoms with Gasteiger partial charge in [0.05, 0.1) is 25.7 Å². The van der Waals surface area contributed by atoms with Gasteiger partial charge in [0.25, 0.3) is 0 Å². The highest BCUT2D eigenvalue weighted by atomic mass is 16.6. The Bertz CT molecular complexity index is 986. The van der Waals surface area contributed by atoms with Gasteiger partial charge in [-0.15, -0.1) is 0 Å². The van der Waals surface area contributed by atoms with Crippen molar-refractivity contribution in [1.82, 2.24) is 10.3 Å². The van der Waals surface area contributed by atoms with E-state index in [4.69, 9.17) is 14.2 Å². The first-order valence-corrected chi connectivity index (χ1v) is 10.0. The molecule has 2 N–H and O–H groups in total. The SMILES string of the molecule is COC(=O)C1=NN[C@]2(C(=O)OC)N(C(=O)OC(C)(C)C)CC[C@@]23c2ccccc2NC13. The van der Waals surface area contributed by atoms with E-state index in [9.17, 15) is 14.4 Å². The van der Waals surface area contributed by atoms with E-state index in [1.165, 1.54) is 19.1 Å². The molecule has 1 saturated heterocycles. The number of hydrazone groups is 1. The second-order valence-corrected chi connectivity index (χ2v) is 8.78. The summed E-state index contributed by atoms with van der Waals surface area (Å²) in [5.41, 5.74) is 0.876. The first kappa shape index (κ1) is 21.0. The molecule has 1 aromatic rings. The van der Waals surface area contributed by atoms with Gasteiger partial charge in [-0.05, 0) is 38.8 Å². The average Bonchev–Trinajstić information content (AvgIpc) is 3.26. The number of nitrogens with one attached hydrogen (secondary N) is 2. The Morgan fingerprint density at radius 3 is 2.52 bits per heavy atom. The molecule has 31 heavy (non-hydrogen) atoms. The number of nitrogens with zero attached hydrogens (tertiary/aromatic N) is 2. The summed E-state index contributed by atoms with van der Waals surface area (Å²) in [7, 11) is 2.52. The van der Waals surface area contributed by atoms with Gasteiger partial charge in [0, 0.05) is 12.2 Å². The highest BCUT2D eigenvalue weighted by Gasteiger charge is 2.75. The van der Waals surface area contributed by atoms with Crippen LogP contribution in [-0.2, 0) is 29.2 Å². The first-order chi connectivity index (χ1) is 14.6. The lowest BCUT2D eigenvalue weighted by molar-refractivity contribution is -0.160. The summed E-state index contributed by atoms with van der Waals surface area (Å²) >= 11 is 0. The maximum absolute atomic E-state index is 13.4. The molecule has 3 aliphatic heterocycles. The third kappa shape index (κ3) is 2.70. The van der Waals surface area contributed by atoms with Crippen LogP contribution in [-0.4, -0.2) is 66.7 Å². The van der Waals surface area contributed by atoms with Gasteiger partial charge < -0.3 is 19.5 Å². The Morgan fingerprint density at radius 2 is 1.87 bits per heavy atom. The summed E-state index contributed by atoms with van der Waals surface area (Å²) in [6.45, 7) is 5.43. The van der Waals surface area contributed by atoms with Crippen LogP contribution in [0.3, 0.4) is 0 Å². The van der Waals surface area contributed by atoms with Crippen molar-refractivity contribution in [2.75, 3.05) is 26.1 Å². The minimum Gasteiger partial charge on any atom is -0.466 e. The van der Waals surface area contributed by atoms with Crippen molar-refractivity contribution in [3.05, 3.63) is 29.8 Å². The lowest BCUT2D eigenvalue weighted by atomic mass is 9.65. The van der Waals surface area contributed by atoms with Crippen molar-refractivity contribution in [1.29, 1.82) is 0 Å². The molecule has 3 atom stereocenters. The summed E-state index contributed by atoms with van der Waals surface area (Å²) in [5.74, 6) is -1.33. The summed E-state index contributed by atoms with van der Waals surface area (Å²) in [5, 5.41) is 7.53. The van der Waals surface area contributed by atoms with E-state index in [-0.39, 0.29) is 12.3 Å². The van der Waals surface area contributed by atoms with Gasteiger partial charge in [-0.2, -0.15) is 5.10 Å². The van der Waals surface area contributed by atoms with E-state index in [0.717, 1.165) is 11.3 Å². The summed E-state index contributed by atoms with van der Waals surface area (Å²) in [6.07, 6.45) is -0.318. The van der Waals surface area contributed by atoms with E-state index >= 15 is 0 Å². The third-order valence-electron chi connectivity index (χ3n) is 6.08. The smallest absolute Gasteiger partial charge is 0.412 e. The van der Waals surface area contributed by atoms with Crippen LogP contribution in [0.4, 0.5) is 10.5 Å². The fourth-order valence-electron chi connectivity index (χ4n) is 4.96. The second-order valence-electron chi connectivity index (χ2n) is 8.78. The highest BCUT2D eigenvalue weighted by molar-refractivity contribution is 6.40. The largest absolute Gasteiger partial charge is 0.466 e. The van der Waals surface area contributed by atoms with Crippen molar-refractivity contribution < 1.29 is 28.6 Å². The number of fused-ring (bicyclic) bond motifs is 1. The number of amides is 1. The van der Waals surface area contributed by atoms with Gasteiger partial charge in [0.2, 0.25) is 5.66 Å². The molecule has 4 rings (SSSR count). The Kier molecular flexibility index (Phi) is 4.64. The zero-order valence-corrected chi connectivity index (χ0v) is 18.1. The Balaban J connectivity index is 1.95. The number of methoxy groups -OCH3 is 2. The predicted molar refractivity (Wildman–Crippen MR) is 110 cm³/mol. The number of esters is 2. The first-order valence-electron chi connectivity index (χ1n) is 10.0. The molecule has 1 unspecified atom stereocenters. The molecule has 0 aromatic heterocycles. The van der Waals surface area contributed by atoms with Crippen LogP contribution in [0.15, 0.2) is 29.4 Å². The lowest BCUT2D eigenvalue weighted by Gasteiger charge is -2.49. The molecule has 3 aliphatic rings. The lowest BCUT2D eigenvalue weighted by Crippen LogP contribution is -2.76. The van der Waals surface area contributed by atoms with Crippen LogP contribution in [0, 0.1) is 0 Å². The van der Waals surface area contributed by atoms with Gasteiger partial charge in [0.1, 0.15) is 5.60 Å². The zero-order chi connectivity index (χ0) is 22.6. The Labute approximate surface area is 179 Å². The fraction of sp³-hybridized carbons (Fsp3) is 0.524. The number of likely N-dealkylation sites (tertiary alicyclic amines) is 1. The van der Waals surface area contributed by atoms with Crippen molar-refractivity contribution in [3.63, 3.8) is 0 Å². The molecule has 1 amide bonds. The van der Waals surface area contributed by atoms with Crippen molar-refractivity contribution >= 4 is 29.4 Å². The topological polar surface area (TPSA) is 119 Å². The maximum atomic E-state index is 13.4. The quantitative estimate of drug-likeness (QED) is 0.533. The summed E-state index contributed by atoms with van der Waals surface area (Å²) in [4.78, 5) is 40.5. The van der Waals surface area contributed by atoms with Gasteiger partial charge in [-0.1, -0.05) is 18.2 Å². The van der Waals surface area contributed by atoms with Crippen LogP contribution in [0.5, 0.6) is 0 Å². The number of benzene rings is 1. The van der Waals surface area contributed by atoms with Crippen LogP contribution in [0.25, 0.3) is 0 Å². The highest BCUT2D eigenvalue weighted by Crippen LogP contribution is 2.57. The molecule has 0 radical (unpaired) electrons. The number of para-hydroxylation sites is 1. The molecule has 3 heterocycles. The van der Waals surface area contributed by atoms with Gasteiger partial charge in [0.15, 0.2) is 5.71 Å². The van der Waals surface area contributed by atoms with Crippen LogP contribution in [0.1, 0.15) is 32.8 Å². The molecule has 1 aromatic carbocycles. The number of ether oxygens (including phenoxy) is 3. The normalized spacial score (nSPS) is 28.2. The van der Waals surface area contributed by atoms with Crippen molar-refractivity contribution in [2.45, 2.75) is 49.9 Å². The Morgan fingerprint density at radius 1 is 1.16 bits per heavy atom. The number of anilines is 1. The number of hydrogen-bond acceptors (Lipinski definition) is 9. The minimum atomic E-state index is -1.72. The predicted octanol–water partition coefficient (Wildman–Crippen LogP) is 1.36. The molecular weight excluding hydrogens is 404 g/mol. The molecule has 166 valence electrons. The van der Waals surface area contributed by atoms with E-state index < -0.39 is 40.8 Å². The van der Waals surface area contributed by atoms with Crippen LogP contribution < -0.4 is 10.7 Å². The molecule has 0 saturated carbocycles. The summed E-state index contributed by atoms with van der Waals surface area (Å²) in [6, 6.07) is 6.71. The molecule has 1 fully saturated rings. The van der Waals surface area contributed by atoms with E-state index in [0.29, 0.717) is 6.42 Å². The zero-order valence-electron chi connectivity index (χ0n) is 18.1.